The zero-order chi connectivity index (χ0) is 15.6. The molecule has 0 aliphatic carbocycles. The number of piperazine rings is 1. The molecular weight excluding hydrogens is 292 g/mol. The van der Waals surface area contributed by atoms with Crippen molar-refractivity contribution in [2.45, 2.75) is 6.61 Å². The van der Waals surface area contributed by atoms with Crippen LogP contribution >= 0.6 is 0 Å². The molecule has 1 aliphatic heterocycles. The highest BCUT2D eigenvalue weighted by Gasteiger charge is 2.16. The minimum atomic E-state index is -0.0186. The molecule has 0 amide bonds. The normalized spacial score (nSPS) is 15.3. The van der Waals surface area contributed by atoms with Crippen molar-refractivity contribution < 1.29 is 5.11 Å². The number of pyridine rings is 2. The second-order valence-corrected chi connectivity index (χ2v) is 5.59. The summed E-state index contributed by atoms with van der Waals surface area (Å²) in [6.45, 7) is 3.68. The molecule has 1 aliphatic rings. The Labute approximate surface area is 133 Å². The summed E-state index contributed by atoms with van der Waals surface area (Å²) in [6.07, 6.45) is 1.73. The summed E-state index contributed by atoms with van der Waals surface area (Å²) < 4.78 is 0. The number of fused-ring (bicyclic) bond motifs is 1. The van der Waals surface area contributed by atoms with Gasteiger partial charge in [0.2, 0.25) is 0 Å². The molecule has 0 bridgehead atoms. The van der Waals surface area contributed by atoms with Crippen molar-refractivity contribution >= 4 is 16.9 Å². The van der Waals surface area contributed by atoms with E-state index in [0.717, 1.165) is 60.0 Å². The number of nitrogens with one attached hydrogen (secondary N) is 2. The third-order valence-electron chi connectivity index (χ3n) is 4.07. The number of aliphatic hydroxyl groups excluding tert-OH is 1. The molecule has 23 heavy (non-hydrogen) atoms. The Balaban J connectivity index is 1.81. The van der Waals surface area contributed by atoms with Crippen LogP contribution in [0.15, 0.2) is 30.5 Å². The molecule has 0 spiro atoms. The van der Waals surface area contributed by atoms with Crippen LogP contribution in [0.4, 0.5) is 5.82 Å². The van der Waals surface area contributed by atoms with Crippen LogP contribution in [0.5, 0.6) is 0 Å². The van der Waals surface area contributed by atoms with Gasteiger partial charge in [0, 0.05) is 37.8 Å². The smallest absolute Gasteiger partial charge is 0.155 e. The highest BCUT2D eigenvalue weighted by molar-refractivity contribution is 5.89. The van der Waals surface area contributed by atoms with Crippen LogP contribution in [0.2, 0.25) is 0 Å². The molecular formula is C16H18N6O. The lowest BCUT2D eigenvalue weighted by Crippen LogP contribution is -2.44. The zero-order valence-electron chi connectivity index (χ0n) is 12.7. The topological polar surface area (TPSA) is 90.0 Å². The number of hydrogen-bond donors (Lipinski definition) is 3. The van der Waals surface area contributed by atoms with E-state index in [0.29, 0.717) is 0 Å². The second kappa shape index (κ2) is 5.94. The Morgan fingerprint density at radius 2 is 2.09 bits per heavy atom. The first-order chi connectivity index (χ1) is 11.3. The van der Waals surface area contributed by atoms with E-state index in [9.17, 15) is 5.11 Å². The molecule has 0 aromatic carbocycles. The van der Waals surface area contributed by atoms with Gasteiger partial charge in [-0.05, 0) is 29.8 Å². The van der Waals surface area contributed by atoms with Crippen molar-refractivity contribution in [3.05, 3.63) is 36.0 Å². The SMILES string of the molecule is OCc1cc(-c2n[nH]c3ncccc23)nc(N2CCNCC2)c1. The minimum absolute atomic E-state index is 0.0186. The number of aromatic nitrogens is 4. The van der Waals surface area contributed by atoms with E-state index in [1.54, 1.807) is 6.20 Å². The summed E-state index contributed by atoms with van der Waals surface area (Å²) in [4.78, 5) is 11.3. The zero-order valence-corrected chi connectivity index (χ0v) is 12.7. The molecule has 3 aromatic heterocycles. The Bertz CT molecular complexity index is 824. The Morgan fingerprint density at radius 3 is 2.91 bits per heavy atom. The predicted molar refractivity (Wildman–Crippen MR) is 88.1 cm³/mol. The van der Waals surface area contributed by atoms with E-state index >= 15 is 0 Å². The third kappa shape index (κ3) is 2.64. The number of aliphatic hydroxyl groups is 1. The largest absolute Gasteiger partial charge is 0.392 e. The van der Waals surface area contributed by atoms with Gasteiger partial charge in [-0.25, -0.2) is 9.97 Å². The summed E-state index contributed by atoms with van der Waals surface area (Å²) in [6, 6.07) is 7.68. The Hall–Kier alpha value is -2.51. The molecule has 118 valence electrons. The third-order valence-corrected chi connectivity index (χ3v) is 4.07. The molecule has 4 rings (SSSR count). The van der Waals surface area contributed by atoms with Gasteiger partial charge in [-0.1, -0.05) is 0 Å². The number of aromatic amines is 1. The number of rotatable bonds is 3. The molecule has 4 heterocycles. The van der Waals surface area contributed by atoms with Gasteiger partial charge in [0.25, 0.3) is 0 Å². The average Bonchev–Trinajstić information content (AvgIpc) is 3.06. The number of anilines is 1. The lowest BCUT2D eigenvalue weighted by Gasteiger charge is -2.29. The standard InChI is InChI=1S/C16H18N6O/c23-10-11-8-13(15-12-2-1-3-18-16(12)21-20-15)19-14(9-11)22-6-4-17-5-7-22/h1-3,8-9,17,23H,4-7,10H2,(H,18,20,21). The molecule has 1 saturated heterocycles. The number of H-pyrrole nitrogens is 1. The molecule has 3 N–H and O–H groups in total. The van der Waals surface area contributed by atoms with Gasteiger partial charge in [-0.3, -0.25) is 5.10 Å². The average molecular weight is 310 g/mol. The maximum atomic E-state index is 9.60. The van der Waals surface area contributed by atoms with E-state index in [2.05, 4.69) is 25.4 Å². The number of nitrogens with zero attached hydrogens (tertiary/aromatic N) is 4. The fourth-order valence-corrected chi connectivity index (χ4v) is 2.89. The van der Waals surface area contributed by atoms with Crippen molar-refractivity contribution in [2.75, 3.05) is 31.1 Å². The first-order valence-corrected chi connectivity index (χ1v) is 7.72. The van der Waals surface area contributed by atoms with Gasteiger partial charge in [0.15, 0.2) is 5.65 Å². The monoisotopic (exact) mass is 310 g/mol. The van der Waals surface area contributed by atoms with Crippen LogP contribution < -0.4 is 10.2 Å². The summed E-state index contributed by atoms with van der Waals surface area (Å²) in [5.41, 5.74) is 3.09. The lowest BCUT2D eigenvalue weighted by atomic mass is 10.1. The first-order valence-electron chi connectivity index (χ1n) is 7.72. The summed E-state index contributed by atoms with van der Waals surface area (Å²) >= 11 is 0. The minimum Gasteiger partial charge on any atom is -0.392 e. The van der Waals surface area contributed by atoms with E-state index in [-0.39, 0.29) is 6.61 Å². The number of hydrogen-bond acceptors (Lipinski definition) is 6. The second-order valence-electron chi connectivity index (χ2n) is 5.59. The summed E-state index contributed by atoms with van der Waals surface area (Å²) in [7, 11) is 0. The van der Waals surface area contributed by atoms with Gasteiger partial charge in [0.05, 0.1) is 12.3 Å². The molecule has 0 atom stereocenters. The molecule has 0 radical (unpaired) electrons. The lowest BCUT2D eigenvalue weighted by molar-refractivity contribution is 0.282. The van der Waals surface area contributed by atoms with Crippen LogP contribution in [0.1, 0.15) is 5.56 Å². The summed E-state index contributed by atoms with van der Waals surface area (Å²) in [5.74, 6) is 0.882. The van der Waals surface area contributed by atoms with Crippen LogP contribution in [0.25, 0.3) is 22.4 Å². The maximum Gasteiger partial charge on any atom is 0.155 e. The highest BCUT2D eigenvalue weighted by atomic mass is 16.3. The quantitative estimate of drug-likeness (QED) is 0.666. The van der Waals surface area contributed by atoms with E-state index in [1.807, 2.05) is 24.3 Å². The van der Waals surface area contributed by atoms with E-state index in [1.165, 1.54) is 0 Å². The molecule has 1 fully saturated rings. The van der Waals surface area contributed by atoms with Crippen LogP contribution in [0, 0.1) is 0 Å². The molecule has 3 aromatic rings. The Morgan fingerprint density at radius 1 is 1.22 bits per heavy atom. The predicted octanol–water partition coefficient (Wildman–Crippen LogP) is 0.922. The van der Waals surface area contributed by atoms with Gasteiger partial charge >= 0.3 is 0 Å². The van der Waals surface area contributed by atoms with Crippen molar-refractivity contribution in [1.29, 1.82) is 0 Å². The maximum absolute atomic E-state index is 9.60. The van der Waals surface area contributed by atoms with Gasteiger partial charge in [0.1, 0.15) is 11.5 Å². The van der Waals surface area contributed by atoms with Crippen molar-refractivity contribution in [3.63, 3.8) is 0 Å². The molecule has 0 saturated carbocycles. The molecule has 7 nitrogen and oxygen atoms in total. The molecule has 7 heteroatoms. The van der Waals surface area contributed by atoms with E-state index in [4.69, 9.17) is 4.98 Å². The van der Waals surface area contributed by atoms with Gasteiger partial charge in [-0.2, -0.15) is 5.10 Å². The van der Waals surface area contributed by atoms with Crippen LogP contribution in [-0.4, -0.2) is 51.5 Å². The molecule has 0 unspecified atom stereocenters. The Kier molecular flexibility index (Phi) is 3.64. The van der Waals surface area contributed by atoms with Gasteiger partial charge < -0.3 is 15.3 Å². The van der Waals surface area contributed by atoms with Crippen molar-refractivity contribution in [1.82, 2.24) is 25.5 Å². The van der Waals surface area contributed by atoms with Gasteiger partial charge in [-0.15, -0.1) is 0 Å². The van der Waals surface area contributed by atoms with Crippen molar-refractivity contribution in [3.8, 4) is 11.4 Å². The highest BCUT2D eigenvalue weighted by Crippen LogP contribution is 2.27. The fraction of sp³-hybridized carbons (Fsp3) is 0.312. The first kappa shape index (κ1) is 14.1. The van der Waals surface area contributed by atoms with Crippen molar-refractivity contribution in [2.24, 2.45) is 0 Å². The van der Waals surface area contributed by atoms with Crippen LogP contribution in [0.3, 0.4) is 0 Å². The summed E-state index contributed by atoms with van der Waals surface area (Å²) in [5, 5.41) is 21.2. The fourth-order valence-electron chi connectivity index (χ4n) is 2.89. The van der Waals surface area contributed by atoms with E-state index < -0.39 is 0 Å². The van der Waals surface area contributed by atoms with Crippen LogP contribution in [-0.2, 0) is 6.61 Å².